The molecule has 6 rings (SSSR count). The Bertz CT molecular complexity index is 1690. The molecule has 9 nitrogen and oxygen atoms in total. The van der Waals surface area contributed by atoms with Crippen LogP contribution in [0.1, 0.15) is 77.8 Å². The fourth-order valence-electron chi connectivity index (χ4n) is 7.06. The van der Waals surface area contributed by atoms with Crippen molar-refractivity contribution in [3.8, 4) is 11.5 Å². The number of anilines is 2. The second-order valence-corrected chi connectivity index (χ2v) is 13.1. The number of halogens is 1. The molecular formula is C37H43ClN6O3. The molecule has 1 aliphatic carbocycles. The summed E-state index contributed by atoms with van der Waals surface area (Å²) >= 11 is 6.65. The van der Waals surface area contributed by atoms with Gasteiger partial charge in [0.05, 0.1) is 20.4 Å². The zero-order chi connectivity index (χ0) is 33.0. The van der Waals surface area contributed by atoms with E-state index in [0.717, 1.165) is 48.6 Å². The number of ketones is 1. The Labute approximate surface area is 282 Å². The largest absolute Gasteiger partial charge is 0.497 e. The molecule has 1 aliphatic heterocycles. The van der Waals surface area contributed by atoms with Crippen molar-refractivity contribution in [3.05, 3.63) is 100 Å². The SMILES string of the molecule is COc1ccc(CNc2cc(C(=O)c3ncc(N4CCC5(CCC[C@H]5NC(C)c5ccc(OC)cc5)CC4)nc3Cl)c(C)cn2)cc1. The Balaban J connectivity index is 1.08. The summed E-state index contributed by atoms with van der Waals surface area (Å²) in [6, 6.07) is 18.6. The van der Waals surface area contributed by atoms with Crippen molar-refractivity contribution in [1.29, 1.82) is 0 Å². The lowest BCUT2D eigenvalue weighted by atomic mass is 9.73. The van der Waals surface area contributed by atoms with Crippen LogP contribution in [-0.4, -0.2) is 54.1 Å². The van der Waals surface area contributed by atoms with E-state index in [1.807, 2.05) is 43.3 Å². The predicted molar refractivity (Wildman–Crippen MR) is 186 cm³/mol. The maximum Gasteiger partial charge on any atom is 0.214 e. The first-order valence-corrected chi connectivity index (χ1v) is 16.7. The number of piperidine rings is 1. The Hall–Kier alpha value is -4.21. The second kappa shape index (κ2) is 14.3. The third kappa shape index (κ3) is 7.21. The zero-order valence-electron chi connectivity index (χ0n) is 27.6. The van der Waals surface area contributed by atoms with E-state index in [0.29, 0.717) is 29.8 Å². The van der Waals surface area contributed by atoms with Crippen molar-refractivity contribution >= 4 is 29.0 Å². The highest BCUT2D eigenvalue weighted by atomic mass is 35.5. The first-order valence-electron chi connectivity index (χ1n) is 16.3. The first kappa shape index (κ1) is 32.7. The molecule has 0 amide bonds. The monoisotopic (exact) mass is 654 g/mol. The Kier molecular flexibility index (Phi) is 9.94. The van der Waals surface area contributed by atoms with Crippen molar-refractivity contribution in [2.75, 3.05) is 37.5 Å². The van der Waals surface area contributed by atoms with Crippen LogP contribution in [-0.2, 0) is 6.54 Å². The van der Waals surface area contributed by atoms with Crippen LogP contribution in [0.5, 0.6) is 11.5 Å². The number of benzene rings is 2. The van der Waals surface area contributed by atoms with Gasteiger partial charge in [-0.3, -0.25) is 4.79 Å². The van der Waals surface area contributed by atoms with Crippen LogP contribution in [0.4, 0.5) is 11.6 Å². The summed E-state index contributed by atoms with van der Waals surface area (Å²) < 4.78 is 10.6. The van der Waals surface area contributed by atoms with Crippen LogP contribution < -0.4 is 25.0 Å². The van der Waals surface area contributed by atoms with Gasteiger partial charge in [-0.1, -0.05) is 42.3 Å². The topological polar surface area (TPSA) is 102 Å². The molecular weight excluding hydrogens is 612 g/mol. The number of methoxy groups -OCH3 is 2. The minimum absolute atomic E-state index is 0.116. The molecule has 2 aromatic carbocycles. The molecule has 3 heterocycles. The van der Waals surface area contributed by atoms with Crippen molar-refractivity contribution in [3.63, 3.8) is 0 Å². The molecule has 1 unspecified atom stereocenters. The molecule has 0 bridgehead atoms. The van der Waals surface area contributed by atoms with Gasteiger partial charge in [0.2, 0.25) is 5.78 Å². The maximum absolute atomic E-state index is 13.6. The van der Waals surface area contributed by atoms with E-state index in [4.69, 9.17) is 21.1 Å². The lowest BCUT2D eigenvalue weighted by Gasteiger charge is -2.44. The molecule has 2 fully saturated rings. The summed E-state index contributed by atoms with van der Waals surface area (Å²) in [6.07, 6.45) is 9.18. The molecule has 2 aromatic heterocycles. The number of aryl methyl sites for hydroxylation is 1. The quantitative estimate of drug-likeness (QED) is 0.163. The van der Waals surface area contributed by atoms with E-state index in [-0.39, 0.29) is 28.1 Å². The van der Waals surface area contributed by atoms with E-state index >= 15 is 0 Å². The normalized spacial score (nSPS) is 17.8. The minimum atomic E-state index is -0.273. The van der Waals surface area contributed by atoms with Gasteiger partial charge < -0.3 is 25.0 Å². The smallest absolute Gasteiger partial charge is 0.214 e. The molecule has 2 atom stereocenters. The Morgan fingerprint density at radius 1 is 1.00 bits per heavy atom. The number of hydrogen-bond donors (Lipinski definition) is 2. The van der Waals surface area contributed by atoms with E-state index < -0.39 is 0 Å². The number of carbonyl (C=O) groups is 1. The van der Waals surface area contributed by atoms with Crippen LogP contribution in [0.2, 0.25) is 5.15 Å². The van der Waals surface area contributed by atoms with E-state index in [1.165, 1.54) is 24.8 Å². The van der Waals surface area contributed by atoms with Crippen LogP contribution >= 0.6 is 11.6 Å². The van der Waals surface area contributed by atoms with Crippen LogP contribution in [0.25, 0.3) is 0 Å². The van der Waals surface area contributed by atoms with Crippen LogP contribution in [0.3, 0.4) is 0 Å². The third-order valence-electron chi connectivity index (χ3n) is 9.97. The summed E-state index contributed by atoms with van der Waals surface area (Å²) in [5.74, 6) is 2.71. The molecule has 0 radical (unpaired) electrons. The van der Waals surface area contributed by atoms with Crippen LogP contribution in [0, 0.1) is 12.3 Å². The summed E-state index contributed by atoms with van der Waals surface area (Å²) in [4.78, 5) is 29.5. The average molecular weight is 655 g/mol. The van der Waals surface area contributed by atoms with Gasteiger partial charge in [-0.2, -0.15) is 0 Å². The van der Waals surface area contributed by atoms with Crippen molar-refractivity contribution in [2.24, 2.45) is 5.41 Å². The van der Waals surface area contributed by atoms with Gasteiger partial charge in [-0.15, -0.1) is 0 Å². The average Bonchev–Trinajstić information content (AvgIpc) is 3.48. The fraction of sp³-hybridized carbons (Fsp3) is 0.405. The molecule has 1 saturated heterocycles. The minimum Gasteiger partial charge on any atom is -0.497 e. The van der Waals surface area contributed by atoms with E-state index in [1.54, 1.807) is 32.7 Å². The third-order valence-corrected chi connectivity index (χ3v) is 10.2. The lowest BCUT2D eigenvalue weighted by Crippen LogP contribution is -2.49. The van der Waals surface area contributed by atoms with Gasteiger partial charge in [-0.25, -0.2) is 15.0 Å². The van der Waals surface area contributed by atoms with Crippen molar-refractivity contribution in [2.45, 2.75) is 64.6 Å². The lowest BCUT2D eigenvalue weighted by molar-refractivity contribution is 0.103. The number of hydrogen-bond acceptors (Lipinski definition) is 9. The number of nitrogens with one attached hydrogen (secondary N) is 2. The molecule has 1 saturated carbocycles. The number of aromatic nitrogens is 3. The highest BCUT2D eigenvalue weighted by Gasteiger charge is 2.45. The Morgan fingerprint density at radius 3 is 2.34 bits per heavy atom. The second-order valence-electron chi connectivity index (χ2n) is 12.7. The van der Waals surface area contributed by atoms with Gasteiger partial charge in [-0.05, 0) is 92.0 Å². The zero-order valence-corrected chi connectivity index (χ0v) is 28.3. The van der Waals surface area contributed by atoms with Gasteiger partial charge in [0.1, 0.15) is 28.8 Å². The number of ether oxygens (including phenoxy) is 2. The fourth-order valence-corrected chi connectivity index (χ4v) is 7.28. The first-order chi connectivity index (χ1) is 22.8. The molecule has 1 spiro atoms. The number of rotatable bonds is 11. The van der Waals surface area contributed by atoms with Crippen molar-refractivity contribution in [1.82, 2.24) is 20.3 Å². The summed E-state index contributed by atoms with van der Waals surface area (Å²) in [7, 11) is 3.34. The molecule has 47 heavy (non-hydrogen) atoms. The molecule has 2 N–H and O–H groups in total. The Morgan fingerprint density at radius 2 is 1.68 bits per heavy atom. The summed E-state index contributed by atoms with van der Waals surface area (Å²) in [5, 5.41) is 7.37. The summed E-state index contributed by atoms with van der Waals surface area (Å²) in [6.45, 7) is 6.41. The number of carbonyl (C=O) groups excluding carboxylic acids is 1. The highest BCUT2D eigenvalue weighted by Crippen LogP contribution is 2.47. The molecule has 2 aliphatic rings. The van der Waals surface area contributed by atoms with Gasteiger partial charge in [0.25, 0.3) is 0 Å². The van der Waals surface area contributed by atoms with E-state index in [2.05, 4.69) is 49.5 Å². The highest BCUT2D eigenvalue weighted by molar-refractivity contribution is 6.33. The number of pyridine rings is 1. The van der Waals surface area contributed by atoms with Gasteiger partial charge >= 0.3 is 0 Å². The van der Waals surface area contributed by atoms with Crippen LogP contribution in [0.15, 0.2) is 67.0 Å². The standard InChI is InChI=1S/C37H43ClN6O3/c1-24-21-39-32(40-22-26-7-11-28(46-3)12-8-26)20-30(24)35(45)34-36(38)43-33(23-41-34)44-18-16-37(17-19-44)15-5-6-31(37)42-25(2)27-9-13-29(47-4)14-10-27/h7-14,20-21,23,25,31,42H,5-6,15-19,22H2,1-4H3,(H,39,40)/t25?,31-/m1/s1. The summed E-state index contributed by atoms with van der Waals surface area (Å²) in [5.41, 5.74) is 3.98. The predicted octanol–water partition coefficient (Wildman–Crippen LogP) is 7.18. The maximum atomic E-state index is 13.6. The molecule has 10 heteroatoms. The number of nitrogens with zero attached hydrogens (tertiary/aromatic N) is 4. The molecule has 4 aromatic rings. The van der Waals surface area contributed by atoms with Gasteiger partial charge in [0.15, 0.2) is 5.15 Å². The molecule has 246 valence electrons. The van der Waals surface area contributed by atoms with Gasteiger partial charge in [0, 0.05) is 43.5 Å². The van der Waals surface area contributed by atoms with Crippen molar-refractivity contribution < 1.29 is 14.3 Å². The van der Waals surface area contributed by atoms with E-state index in [9.17, 15) is 4.79 Å².